The molecule has 1 heterocycles. The van der Waals surface area contributed by atoms with Crippen molar-refractivity contribution in [2.75, 3.05) is 6.61 Å². The van der Waals surface area contributed by atoms with Crippen LogP contribution in [0.4, 0.5) is 0 Å². The van der Waals surface area contributed by atoms with Crippen LogP contribution in [0, 0.1) is 13.8 Å². The summed E-state index contributed by atoms with van der Waals surface area (Å²) in [4.78, 5) is 9.10. The normalized spacial score (nSPS) is 12.4. The quantitative estimate of drug-likeness (QED) is 0.913. The highest BCUT2D eigenvalue weighted by Gasteiger charge is 2.14. The van der Waals surface area contributed by atoms with Crippen molar-refractivity contribution in [3.8, 4) is 11.3 Å². The van der Waals surface area contributed by atoms with Crippen molar-refractivity contribution in [3.63, 3.8) is 0 Å². The van der Waals surface area contributed by atoms with E-state index in [2.05, 4.69) is 29.0 Å². The van der Waals surface area contributed by atoms with Crippen LogP contribution in [0.25, 0.3) is 11.3 Å². The average molecular weight is 256 g/mol. The van der Waals surface area contributed by atoms with Crippen LogP contribution < -0.4 is 0 Å². The van der Waals surface area contributed by atoms with Gasteiger partial charge < -0.3 is 5.11 Å². The summed E-state index contributed by atoms with van der Waals surface area (Å²) in [6.07, 6.45) is 0.840. The van der Waals surface area contributed by atoms with Gasteiger partial charge in [0.1, 0.15) is 5.82 Å². The van der Waals surface area contributed by atoms with Gasteiger partial charge in [0.05, 0.1) is 12.3 Å². The Kier molecular flexibility index (Phi) is 4.27. The summed E-state index contributed by atoms with van der Waals surface area (Å²) < 4.78 is 0. The second-order valence-corrected chi connectivity index (χ2v) is 4.86. The van der Waals surface area contributed by atoms with Gasteiger partial charge >= 0.3 is 0 Å². The van der Waals surface area contributed by atoms with Gasteiger partial charge in [0.25, 0.3) is 0 Å². The molecule has 0 aliphatic carbocycles. The molecule has 19 heavy (non-hydrogen) atoms. The predicted octanol–water partition coefficient (Wildman–Crippen LogP) is 3.25. The number of hydrogen-bond donors (Lipinski definition) is 1. The van der Waals surface area contributed by atoms with Gasteiger partial charge in [0, 0.05) is 17.2 Å². The molecule has 0 aliphatic heterocycles. The van der Waals surface area contributed by atoms with Crippen LogP contribution >= 0.6 is 0 Å². The topological polar surface area (TPSA) is 46.0 Å². The molecule has 0 spiro atoms. The molecule has 0 saturated carbocycles. The van der Waals surface area contributed by atoms with Gasteiger partial charge in [-0.25, -0.2) is 9.97 Å². The first-order valence-corrected chi connectivity index (χ1v) is 6.68. The summed E-state index contributed by atoms with van der Waals surface area (Å²) in [5.41, 5.74) is 4.20. The number of nitrogens with zero attached hydrogens (tertiary/aromatic N) is 2. The van der Waals surface area contributed by atoms with Crippen LogP contribution in [0.3, 0.4) is 0 Å². The van der Waals surface area contributed by atoms with Crippen LogP contribution in [-0.4, -0.2) is 21.7 Å². The zero-order valence-corrected chi connectivity index (χ0v) is 11.7. The molecule has 3 heteroatoms. The second kappa shape index (κ2) is 5.93. The summed E-state index contributed by atoms with van der Waals surface area (Å²) in [5.74, 6) is 0.755. The summed E-state index contributed by atoms with van der Waals surface area (Å²) in [7, 11) is 0. The molecule has 3 nitrogen and oxygen atoms in total. The summed E-state index contributed by atoms with van der Waals surface area (Å²) in [6, 6.07) is 10.2. The van der Waals surface area contributed by atoms with Gasteiger partial charge in [-0.3, -0.25) is 0 Å². The Bertz CT molecular complexity index is 562. The summed E-state index contributed by atoms with van der Waals surface area (Å²) in [6.45, 7) is 6.18. The fourth-order valence-corrected chi connectivity index (χ4v) is 2.17. The lowest BCUT2D eigenvalue weighted by molar-refractivity contribution is 0.257. The van der Waals surface area contributed by atoms with E-state index in [4.69, 9.17) is 0 Å². The molecule has 0 radical (unpaired) electrons. The van der Waals surface area contributed by atoms with E-state index in [1.54, 1.807) is 0 Å². The molecule has 0 amide bonds. The Morgan fingerprint density at radius 1 is 1.16 bits per heavy atom. The number of rotatable bonds is 4. The zero-order valence-electron chi connectivity index (χ0n) is 11.7. The average Bonchev–Trinajstić information content (AvgIpc) is 2.40. The maximum atomic E-state index is 9.41. The third-order valence-electron chi connectivity index (χ3n) is 3.37. The Labute approximate surface area is 114 Å². The van der Waals surface area contributed by atoms with Gasteiger partial charge in [-0.2, -0.15) is 0 Å². The number of hydrogen-bond acceptors (Lipinski definition) is 3. The van der Waals surface area contributed by atoms with E-state index in [1.807, 2.05) is 32.0 Å². The van der Waals surface area contributed by atoms with Crippen LogP contribution in [0.5, 0.6) is 0 Å². The highest BCUT2D eigenvalue weighted by atomic mass is 16.3. The molecule has 0 bridgehead atoms. The molecule has 1 aromatic heterocycles. The predicted molar refractivity (Wildman–Crippen MR) is 77.1 cm³/mol. The Morgan fingerprint density at radius 3 is 2.53 bits per heavy atom. The summed E-state index contributed by atoms with van der Waals surface area (Å²) in [5, 5.41) is 9.41. The molecule has 1 N–H and O–H groups in total. The van der Waals surface area contributed by atoms with Crippen molar-refractivity contribution in [2.24, 2.45) is 0 Å². The van der Waals surface area contributed by atoms with E-state index >= 15 is 0 Å². The van der Waals surface area contributed by atoms with Crippen LogP contribution in [0.1, 0.15) is 36.3 Å². The van der Waals surface area contributed by atoms with Crippen molar-refractivity contribution in [3.05, 3.63) is 47.4 Å². The molecule has 1 atom stereocenters. The Hall–Kier alpha value is -1.74. The molecule has 0 saturated heterocycles. The molecular weight excluding hydrogens is 236 g/mol. The van der Waals surface area contributed by atoms with Crippen molar-refractivity contribution < 1.29 is 5.11 Å². The van der Waals surface area contributed by atoms with Crippen molar-refractivity contribution in [1.29, 1.82) is 0 Å². The SMILES string of the molecule is CCC(CO)c1nc(C)cc(-c2ccccc2C)n1. The number of aliphatic hydroxyl groups excluding tert-OH is 1. The van der Waals surface area contributed by atoms with Crippen molar-refractivity contribution in [1.82, 2.24) is 9.97 Å². The summed E-state index contributed by atoms with van der Waals surface area (Å²) >= 11 is 0. The molecule has 2 rings (SSSR count). The van der Waals surface area contributed by atoms with Crippen LogP contribution in [0.2, 0.25) is 0 Å². The van der Waals surface area contributed by atoms with E-state index in [1.165, 1.54) is 5.56 Å². The fourth-order valence-electron chi connectivity index (χ4n) is 2.17. The Morgan fingerprint density at radius 2 is 1.89 bits per heavy atom. The number of aliphatic hydroxyl groups is 1. The lowest BCUT2D eigenvalue weighted by Gasteiger charge is -2.13. The van der Waals surface area contributed by atoms with Crippen LogP contribution in [0.15, 0.2) is 30.3 Å². The molecule has 2 aromatic rings. The molecule has 100 valence electrons. The molecule has 0 fully saturated rings. The van der Waals surface area contributed by atoms with E-state index in [0.29, 0.717) is 0 Å². The maximum Gasteiger partial charge on any atom is 0.134 e. The van der Waals surface area contributed by atoms with Crippen molar-refractivity contribution in [2.45, 2.75) is 33.1 Å². The minimum Gasteiger partial charge on any atom is -0.396 e. The van der Waals surface area contributed by atoms with Gasteiger partial charge in [0.2, 0.25) is 0 Å². The maximum absolute atomic E-state index is 9.41. The molecule has 0 aliphatic rings. The number of aryl methyl sites for hydroxylation is 2. The highest BCUT2D eigenvalue weighted by Crippen LogP contribution is 2.24. The first-order chi connectivity index (χ1) is 9.15. The third-order valence-corrected chi connectivity index (χ3v) is 3.37. The van der Waals surface area contributed by atoms with E-state index in [9.17, 15) is 5.11 Å². The largest absolute Gasteiger partial charge is 0.396 e. The van der Waals surface area contributed by atoms with E-state index in [-0.39, 0.29) is 12.5 Å². The van der Waals surface area contributed by atoms with E-state index in [0.717, 1.165) is 29.2 Å². The first kappa shape index (κ1) is 13.7. The first-order valence-electron chi connectivity index (χ1n) is 6.68. The highest BCUT2D eigenvalue weighted by molar-refractivity contribution is 5.63. The minimum atomic E-state index is 0.0164. The van der Waals surface area contributed by atoms with Gasteiger partial charge in [-0.1, -0.05) is 31.2 Å². The van der Waals surface area contributed by atoms with Crippen molar-refractivity contribution >= 4 is 0 Å². The third kappa shape index (κ3) is 2.99. The van der Waals surface area contributed by atoms with E-state index < -0.39 is 0 Å². The standard InChI is InChI=1S/C16H20N2O/c1-4-13(10-19)16-17-12(3)9-15(18-16)14-8-6-5-7-11(14)2/h5-9,13,19H,4,10H2,1-3H3. The molecule has 1 aromatic carbocycles. The molecular formula is C16H20N2O. The monoisotopic (exact) mass is 256 g/mol. The van der Waals surface area contributed by atoms with Crippen LogP contribution in [-0.2, 0) is 0 Å². The Balaban J connectivity index is 2.51. The number of aromatic nitrogens is 2. The zero-order chi connectivity index (χ0) is 13.8. The van der Waals surface area contributed by atoms with Gasteiger partial charge in [-0.05, 0) is 31.9 Å². The fraction of sp³-hybridized carbons (Fsp3) is 0.375. The minimum absolute atomic E-state index is 0.0164. The number of benzene rings is 1. The second-order valence-electron chi connectivity index (χ2n) is 4.86. The lowest BCUT2D eigenvalue weighted by Crippen LogP contribution is -2.09. The lowest BCUT2D eigenvalue weighted by atomic mass is 10.0. The van der Waals surface area contributed by atoms with Gasteiger partial charge in [0.15, 0.2) is 0 Å². The van der Waals surface area contributed by atoms with Gasteiger partial charge in [-0.15, -0.1) is 0 Å². The molecule has 1 unspecified atom stereocenters. The smallest absolute Gasteiger partial charge is 0.134 e.